The Labute approximate surface area is 144 Å². The number of hydrogen-bond donors (Lipinski definition) is 2. The summed E-state index contributed by atoms with van der Waals surface area (Å²) in [5.74, 6) is 1.60. The first kappa shape index (κ1) is 15.2. The van der Waals surface area contributed by atoms with Crippen molar-refractivity contribution < 1.29 is 0 Å². The Morgan fingerprint density at radius 2 is 2.21 bits per heavy atom. The van der Waals surface area contributed by atoms with E-state index in [1.165, 1.54) is 0 Å². The summed E-state index contributed by atoms with van der Waals surface area (Å²) in [5, 5.41) is 9.98. The van der Waals surface area contributed by atoms with Crippen molar-refractivity contribution in [2.24, 2.45) is 0 Å². The van der Waals surface area contributed by atoms with Crippen LogP contribution >= 0.6 is 11.3 Å². The molecule has 0 atom stereocenters. The van der Waals surface area contributed by atoms with Gasteiger partial charge in [-0.15, -0.1) is 11.3 Å². The highest BCUT2D eigenvalue weighted by atomic mass is 32.1. The highest BCUT2D eigenvalue weighted by molar-refractivity contribution is 7.09. The summed E-state index contributed by atoms with van der Waals surface area (Å²) in [7, 11) is 0. The minimum Gasteiger partial charge on any atom is -0.363 e. The van der Waals surface area contributed by atoms with Crippen LogP contribution in [0.15, 0.2) is 29.9 Å². The lowest BCUT2D eigenvalue weighted by Crippen LogP contribution is -2.08. The molecule has 0 saturated heterocycles. The second kappa shape index (κ2) is 6.62. The van der Waals surface area contributed by atoms with Crippen LogP contribution in [-0.4, -0.2) is 19.9 Å². The van der Waals surface area contributed by atoms with Crippen molar-refractivity contribution in [1.82, 2.24) is 25.3 Å². The summed E-state index contributed by atoms with van der Waals surface area (Å²) in [5.41, 5.74) is 4.27. The maximum absolute atomic E-state index is 4.73. The number of rotatable bonds is 5. The molecule has 6 nitrogen and oxygen atoms in total. The average Bonchev–Trinajstić information content (AvgIpc) is 3.29. The molecule has 1 aliphatic heterocycles. The van der Waals surface area contributed by atoms with E-state index in [1.54, 1.807) is 23.7 Å². The van der Waals surface area contributed by atoms with Crippen molar-refractivity contribution in [2.75, 3.05) is 5.32 Å². The van der Waals surface area contributed by atoms with Gasteiger partial charge in [-0.25, -0.2) is 15.0 Å². The quantitative estimate of drug-likeness (QED) is 0.745. The number of nitrogens with one attached hydrogen (secondary N) is 2. The van der Waals surface area contributed by atoms with Crippen molar-refractivity contribution in [1.29, 1.82) is 0 Å². The molecule has 4 rings (SSSR count). The zero-order chi connectivity index (χ0) is 16.4. The molecular weight excluding hydrogens is 320 g/mol. The Hall–Kier alpha value is -2.38. The Balaban J connectivity index is 1.63. The molecule has 0 unspecified atom stereocenters. The molecule has 2 N–H and O–H groups in total. The van der Waals surface area contributed by atoms with Gasteiger partial charge in [0.15, 0.2) is 5.82 Å². The van der Waals surface area contributed by atoms with Crippen LogP contribution in [-0.2, 0) is 26.1 Å². The Morgan fingerprint density at radius 3 is 3.00 bits per heavy atom. The van der Waals surface area contributed by atoms with Crippen LogP contribution in [0.25, 0.3) is 11.4 Å². The largest absolute Gasteiger partial charge is 0.363 e. The molecule has 0 radical (unpaired) electrons. The first-order valence-electron chi connectivity index (χ1n) is 8.01. The van der Waals surface area contributed by atoms with Gasteiger partial charge < -0.3 is 10.6 Å². The molecule has 0 aliphatic carbocycles. The molecule has 0 aromatic carbocycles. The summed E-state index contributed by atoms with van der Waals surface area (Å²) < 4.78 is 0. The van der Waals surface area contributed by atoms with Gasteiger partial charge in [0.25, 0.3) is 0 Å². The number of anilines is 1. The van der Waals surface area contributed by atoms with E-state index in [1.807, 2.05) is 12.1 Å². The van der Waals surface area contributed by atoms with Gasteiger partial charge >= 0.3 is 0 Å². The van der Waals surface area contributed by atoms with Crippen molar-refractivity contribution in [3.05, 3.63) is 51.9 Å². The van der Waals surface area contributed by atoms with Gasteiger partial charge in [0.05, 0.1) is 17.9 Å². The first-order chi connectivity index (χ1) is 11.8. The lowest BCUT2D eigenvalue weighted by Gasteiger charge is -2.11. The van der Waals surface area contributed by atoms with E-state index < -0.39 is 0 Å². The first-order valence-corrected chi connectivity index (χ1v) is 8.89. The molecule has 4 heterocycles. The SMILES string of the molecule is CCc1csc(CNc2nc(-c3cccnc3)nc3c2CNC3)n1. The molecule has 0 saturated carbocycles. The molecular formula is C17H18N6S. The van der Waals surface area contributed by atoms with Crippen LogP contribution in [0.2, 0.25) is 0 Å². The smallest absolute Gasteiger partial charge is 0.163 e. The van der Waals surface area contributed by atoms with Crippen molar-refractivity contribution >= 4 is 17.2 Å². The molecule has 0 spiro atoms. The molecule has 0 fully saturated rings. The lowest BCUT2D eigenvalue weighted by molar-refractivity contribution is 0.758. The highest BCUT2D eigenvalue weighted by Gasteiger charge is 2.19. The normalized spacial score (nSPS) is 13.0. The van der Waals surface area contributed by atoms with Crippen LogP contribution in [0.1, 0.15) is 28.9 Å². The van der Waals surface area contributed by atoms with E-state index in [9.17, 15) is 0 Å². The molecule has 3 aromatic rings. The zero-order valence-corrected chi connectivity index (χ0v) is 14.2. The van der Waals surface area contributed by atoms with Crippen LogP contribution < -0.4 is 10.6 Å². The van der Waals surface area contributed by atoms with Crippen LogP contribution in [0, 0.1) is 0 Å². The summed E-state index contributed by atoms with van der Waals surface area (Å²) in [6.45, 7) is 4.37. The van der Waals surface area contributed by atoms with Gasteiger partial charge in [-0.3, -0.25) is 4.98 Å². The number of pyridine rings is 1. The third-order valence-electron chi connectivity index (χ3n) is 3.98. The Morgan fingerprint density at radius 1 is 1.25 bits per heavy atom. The number of thiazole rings is 1. The maximum Gasteiger partial charge on any atom is 0.163 e. The van der Waals surface area contributed by atoms with E-state index in [0.29, 0.717) is 12.4 Å². The van der Waals surface area contributed by atoms with Crippen LogP contribution in [0.4, 0.5) is 5.82 Å². The van der Waals surface area contributed by atoms with Crippen molar-refractivity contribution in [3.8, 4) is 11.4 Å². The average molecular weight is 338 g/mol. The van der Waals surface area contributed by atoms with Gasteiger partial charge in [-0.1, -0.05) is 6.92 Å². The summed E-state index contributed by atoms with van der Waals surface area (Å²) in [4.78, 5) is 18.2. The monoisotopic (exact) mass is 338 g/mol. The van der Waals surface area contributed by atoms with E-state index >= 15 is 0 Å². The second-order valence-electron chi connectivity index (χ2n) is 5.61. The van der Waals surface area contributed by atoms with Gasteiger partial charge in [0, 0.05) is 42.0 Å². The van der Waals surface area contributed by atoms with E-state index in [4.69, 9.17) is 4.98 Å². The standard InChI is InChI=1S/C17H18N6S/c1-2-12-10-24-15(21-12)9-20-17-13-7-19-8-14(13)22-16(23-17)11-4-3-5-18-6-11/h3-6,10,19H,2,7-9H2,1H3,(H,20,22,23). The Kier molecular flexibility index (Phi) is 4.18. The lowest BCUT2D eigenvalue weighted by atomic mass is 10.2. The molecule has 7 heteroatoms. The number of hydrogen-bond acceptors (Lipinski definition) is 7. The minimum atomic E-state index is 0.681. The number of nitrogens with zero attached hydrogens (tertiary/aromatic N) is 4. The van der Waals surface area contributed by atoms with E-state index in [0.717, 1.165) is 52.9 Å². The van der Waals surface area contributed by atoms with Gasteiger partial charge in [-0.05, 0) is 18.6 Å². The highest BCUT2D eigenvalue weighted by Crippen LogP contribution is 2.26. The molecule has 0 bridgehead atoms. The molecule has 3 aromatic heterocycles. The van der Waals surface area contributed by atoms with Crippen molar-refractivity contribution in [2.45, 2.75) is 33.0 Å². The molecule has 0 amide bonds. The fraction of sp³-hybridized carbons (Fsp3) is 0.294. The fourth-order valence-corrected chi connectivity index (χ4v) is 3.51. The fourth-order valence-electron chi connectivity index (χ4n) is 2.69. The zero-order valence-electron chi connectivity index (χ0n) is 13.4. The Bertz CT molecular complexity index is 846. The van der Waals surface area contributed by atoms with Gasteiger partial charge in [-0.2, -0.15) is 0 Å². The number of aromatic nitrogens is 4. The topological polar surface area (TPSA) is 75.6 Å². The predicted molar refractivity (Wildman–Crippen MR) is 94.6 cm³/mol. The van der Waals surface area contributed by atoms with E-state index in [-0.39, 0.29) is 0 Å². The van der Waals surface area contributed by atoms with Crippen molar-refractivity contribution in [3.63, 3.8) is 0 Å². The number of aryl methyl sites for hydroxylation is 1. The van der Waals surface area contributed by atoms with E-state index in [2.05, 4.69) is 37.9 Å². The third-order valence-corrected chi connectivity index (χ3v) is 4.87. The molecule has 122 valence electrons. The minimum absolute atomic E-state index is 0.681. The number of fused-ring (bicyclic) bond motifs is 1. The molecule has 1 aliphatic rings. The van der Waals surface area contributed by atoms with Gasteiger partial charge in [0.1, 0.15) is 10.8 Å². The van der Waals surface area contributed by atoms with Crippen LogP contribution in [0.3, 0.4) is 0 Å². The summed E-state index contributed by atoms with van der Waals surface area (Å²) in [6, 6.07) is 3.88. The predicted octanol–water partition coefficient (Wildman–Crippen LogP) is 2.77. The second-order valence-corrected chi connectivity index (χ2v) is 6.55. The van der Waals surface area contributed by atoms with Gasteiger partial charge in [0.2, 0.25) is 0 Å². The summed E-state index contributed by atoms with van der Waals surface area (Å²) in [6.07, 6.45) is 4.52. The third kappa shape index (κ3) is 3.00. The maximum atomic E-state index is 4.73. The summed E-state index contributed by atoms with van der Waals surface area (Å²) >= 11 is 1.68. The molecule has 24 heavy (non-hydrogen) atoms. The van der Waals surface area contributed by atoms with Crippen LogP contribution in [0.5, 0.6) is 0 Å².